The third-order valence-corrected chi connectivity index (χ3v) is 2.35. The summed E-state index contributed by atoms with van der Waals surface area (Å²) in [5.41, 5.74) is 5.10. The number of nitrogens with zero attached hydrogens (tertiary/aromatic N) is 2. The van der Waals surface area contributed by atoms with Crippen molar-refractivity contribution in [3.8, 4) is 6.07 Å². The van der Waals surface area contributed by atoms with Gasteiger partial charge < -0.3 is 10.6 Å². The lowest BCUT2D eigenvalue weighted by Gasteiger charge is -2.05. The molecule has 1 fully saturated rings. The van der Waals surface area contributed by atoms with E-state index in [2.05, 4.69) is 0 Å². The van der Waals surface area contributed by atoms with Gasteiger partial charge in [0.05, 0.1) is 5.03 Å². The van der Waals surface area contributed by atoms with Crippen LogP contribution in [0.2, 0.25) is 0 Å². The summed E-state index contributed by atoms with van der Waals surface area (Å²) in [5, 5.41) is 9.33. The van der Waals surface area contributed by atoms with Crippen molar-refractivity contribution in [2.24, 2.45) is 5.73 Å². The van der Waals surface area contributed by atoms with E-state index in [9.17, 15) is 4.79 Å². The first-order valence-corrected chi connectivity index (χ1v) is 4.66. The van der Waals surface area contributed by atoms with Gasteiger partial charge in [0.2, 0.25) is 0 Å². The first-order valence-electron chi connectivity index (χ1n) is 3.43. The second-order valence-corrected chi connectivity index (χ2v) is 3.14. The number of nitriles is 1. The molecule has 12 heavy (non-hydrogen) atoms. The highest BCUT2D eigenvalue weighted by Gasteiger charge is 2.25. The van der Waals surface area contributed by atoms with Gasteiger partial charge >= 0.3 is 0 Å². The fraction of sp³-hybridized carbons (Fsp3) is 0.429. The number of carbonyl (C=O) groups is 1. The molecule has 1 aliphatic rings. The number of nitrogens with two attached hydrogens (primary N) is 1. The number of thioether (sulfide) groups is 1. The minimum atomic E-state index is -0.645. The van der Waals surface area contributed by atoms with E-state index in [0.29, 0.717) is 5.03 Å². The molecule has 5 heteroatoms. The van der Waals surface area contributed by atoms with Crippen LogP contribution in [0.25, 0.3) is 0 Å². The topological polar surface area (TPSA) is 69.9 Å². The van der Waals surface area contributed by atoms with Gasteiger partial charge in [0.15, 0.2) is 0 Å². The minimum Gasteiger partial charge on any atom is -0.365 e. The fourth-order valence-electron chi connectivity index (χ4n) is 0.851. The van der Waals surface area contributed by atoms with Gasteiger partial charge in [0, 0.05) is 13.1 Å². The van der Waals surface area contributed by atoms with Gasteiger partial charge in [-0.1, -0.05) is 0 Å². The molecule has 1 heterocycles. The minimum absolute atomic E-state index is 0.0694. The van der Waals surface area contributed by atoms with Gasteiger partial charge in [-0.2, -0.15) is 5.26 Å². The molecule has 0 radical (unpaired) electrons. The van der Waals surface area contributed by atoms with Crippen molar-refractivity contribution < 1.29 is 4.79 Å². The van der Waals surface area contributed by atoms with E-state index in [0.717, 1.165) is 13.1 Å². The fourth-order valence-corrected chi connectivity index (χ4v) is 1.64. The summed E-state index contributed by atoms with van der Waals surface area (Å²) in [4.78, 5) is 12.7. The van der Waals surface area contributed by atoms with E-state index in [1.165, 1.54) is 11.8 Å². The summed E-state index contributed by atoms with van der Waals surface area (Å²) in [6.45, 7) is 1.82. The van der Waals surface area contributed by atoms with Crippen LogP contribution >= 0.6 is 11.8 Å². The molecule has 0 saturated carbocycles. The molecule has 0 aromatic carbocycles. The van der Waals surface area contributed by atoms with Gasteiger partial charge in [-0.05, 0) is 6.26 Å². The molecule has 2 N–H and O–H groups in total. The number of amides is 1. The van der Waals surface area contributed by atoms with Crippen molar-refractivity contribution in [1.29, 1.82) is 5.26 Å². The standard InChI is InChI=1S/C7H9N3OS/c1-12-7(10-2-3-10)5(4-8)6(9)11/h2-3H2,1H3,(H2,9,11)/b7-5+. The molecule has 0 aromatic heterocycles. The molecular formula is C7H9N3OS. The Bertz CT molecular complexity index is 275. The van der Waals surface area contributed by atoms with Gasteiger partial charge in [-0.3, -0.25) is 4.79 Å². The number of hydrogen-bond acceptors (Lipinski definition) is 4. The van der Waals surface area contributed by atoms with E-state index >= 15 is 0 Å². The number of hydrogen-bond donors (Lipinski definition) is 1. The van der Waals surface area contributed by atoms with Crippen molar-refractivity contribution in [3.63, 3.8) is 0 Å². The van der Waals surface area contributed by atoms with E-state index in [1.807, 2.05) is 17.2 Å². The van der Waals surface area contributed by atoms with Crippen LogP contribution in [0, 0.1) is 11.3 Å². The molecule has 0 bridgehead atoms. The van der Waals surface area contributed by atoms with Crippen LogP contribution in [0.3, 0.4) is 0 Å². The van der Waals surface area contributed by atoms with Crippen LogP contribution in [0.5, 0.6) is 0 Å². The molecule has 64 valence electrons. The zero-order valence-corrected chi connectivity index (χ0v) is 7.52. The normalized spacial score (nSPS) is 16.5. The molecular weight excluding hydrogens is 174 g/mol. The second-order valence-electron chi connectivity index (χ2n) is 2.35. The Labute approximate surface area is 75.0 Å². The second kappa shape index (κ2) is 3.50. The van der Waals surface area contributed by atoms with Gasteiger partial charge in [-0.25, -0.2) is 0 Å². The van der Waals surface area contributed by atoms with Crippen LogP contribution in [0.4, 0.5) is 0 Å². The first kappa shape index (κ1) is 8.94. The van der Waals surface area contributed by atoms with Gasteiger partial charge in [-0.15, -0.1) is 11.8 Å². The third kappa shape index (κ3) is 1.71. The largest absolute Gasteiger partial charge is 0.365 e. The molecule has 0 atom stereocenters. The Morgan fingerprint density at radius 1 is 1.67 bits per heavy atom. The molecule has 1 aliphatic heterocycles. The van der Waals surface area contributed by atoms with Crippen molar-refractivity contribution in [3.05, 3.63) is 10.6 Å². The summed E-state index contributed by atoms with van der Waals surface area (Å²) in [6.07, 6.45) is 1.83. The summed E-state index contributed by atoms with van der Waals surface area (Å²) >= 11 is 1.38. The molecule has 4 nitrogen and oxygen atoms in total. The van der Waals surface area contributed by atoms with E-state index in [1.54, 1.807) is 0 Å². The van der Waals surface area contributed by atoms with Crippen LogP contribution in [-0.2, 0) is 4.79 Å². The molecule has 1 amide bonds. The van der Waals surface area contributed by atoms with Gasteiger partial charge in [0.25, 0.3) is 5.91 Å². The Morgan fingerprint density at radius 2 is 2.25 bits per heavy atom. The van der Waals surface area contributed by atoms with Crippen molar-refractivity contribution in [1.82, 2.24) is 4.90 Å². The van der Waals surface area contributed by atoms with Crippen molar-refractivity contribution >= 4 is 17.7 Å². The zero-order chi connectivity index (χ0) is 9.14. The zero-order valence-electron chi connectivity index (χ0n) is 6.70. The molecule has 0 aliphatic carbocycles. The molecule has 1 saturated heterocycles. The lowest BCUT2D eigenvalue weighted by atomic mass is 10.3. The third-order valence-electron chi connectivity index (χ3n) is 1.50. The smallest absolute Gasteiger partial charge is 0.262 e. The van der Waals surface area contributed by atoms with Crippen LogP contribution in [-0.4, -0.2) is 30.2 Å². The molecule has 0 spiro atoms. The predicted molar refractivity (Wildman–Crippen MR) is 46.9 cm³/mol. The quantitative estimate of drug-likeness (QED) is 0.376. The SMILES string of the molecule is CS/C(=C(\C#N)C(N)=O)N1CC1. The van der Waals surface area contributed by atoms with Crippen LogP contribution in [0.1, 0.15) is 0 Å². The maximum atomic E-state index is 10.8. The summed E-state index contributed by atoms with van der Waals surface area (Å²) in [7, 11) is 0. The maximum absolute atomic E-state index is 10.8. The number of carbonyl (C=O) groups excluding carboxylic acids is 1. The Hall–Kier alpha value is -1.15. The molecule has 1 rings (SSSR count). The highest BCUT2D eigenvalue weighted by atomic mass is 32.2. The van der Waals surface area contributed by atoms with Crippen LogP contribution in [0.15, 0.2) is 10.6 Å². The number of primary amides is 1. The average Bonchev–Trinajstić information content (AvgIpc) is 2.81. The van der Waals surface area contributed by atoms with Crippen LogP contribution < -0.4 is 5.73 Å². The van der Waals surface area contributed by atoms with Crippen molar-refractivity contribution in [2.45, 2.75) is 0 Å². The highest BCUT2D eigenvalue weighted by molar-refractivity contribution is 8.02. The van der Waals surface area contributed by atoms with E-state index in [4.69, 9.17) is 11.0 Å². The van der Waals surface area contributed by atoms with E-state index in [-0.39, 0.29) is 5.57 Å². The lowest BCUT2D eigenvalue weighted by molar-refractivity contribution is -0.114. The summed E-state index contributed by atoms with van der Waals surface area (Å²) < 4.78 is 0. The Morgan fingerprint density at radius 3 is 2.50 bits per heavy atom. The first-order chi connectivity index (χ1) is 5.70. The Kier molecular flexibility index (Phi) is 2.61. The molecule has 0 aromatic rings. The van der Waals surface area contributed by atoms with Gasteiger partial charge in [0.1, 0.15) is 11.6 Å². The van der Waals surface area contributed by atoms with Crippen molar-refractivity contribution in [2.75, 3.05) is 19.3 Å². The lowest BCUT2D eigenvalue weighted by Crippen LogP contribution is -2.16. The summed E-state index contributed by atoms with van der Waals surface area (Å²) in [6, 6.07) is 1.82. The highest BCUT2D eigenvalue weighted by Crippen LogP contribution is 2.26. The monoisotopic (exact) mass is 183 g/mol. The number of rotatable bonds is 3. The maximum Gasteiger partial charge on any atom is 0.262 e. The van der Waals surface area contributed by atoms with E-state index < -0.39 is 5.91 Å². The predicted octanol–water partition coefficient (Wildman–Crippen LogP) is -0.115. The Balaban J connectivity index is 2.95. The molecule has 0 unspecified atom stereocenters. The summed E-state index contributed by atoms with van der Waals surface area (Å²) in [5.74, 6) is -0.645. The average molecular weight is 183 g/mol.